The van der Waals surface area contributed by atoms with Gasteiger partial charge in [-0.1, -0.05) is 25.3 Å². The molecule has 1 N–H and O–H groups in total. The van der Waals surface area contributed by atoms with Crippen molar-refractivity contribution < 1.29 is 17.6 Å². The fraction of sp³-hybridized carbons (Fsp3) is 0.611. The van der Waals surface area contributed by atoms with E-state index in [1.165, 1.54) is 22.5 Å². The Morgan fingerprint density at radius 1 is 1.08 bits per heavy atom. The first-order chi connectivity index (χ1) is 12.0. The first-order valence-corrected chi connectivity index (χ1v) is 10.5. The summed E-state index contributed by atoms with van der Waals surface area (Å²) in [6.07, 6.45) is 5.65. The molecule has 0 radical (unpaired) electrons. The summed E-state index contributed by atoms with van der Waals surface area (Å²) in [5, 5.41) is 2.95. The molecule has 1 aliphatic carbocycles. The van der Waals surface area contributed by atoms with E-state index in [4.69, 9.17) is 0 Å². The third-order valence-corrected chi connectivity index (χ3v) is 7.11. The first-order valence-electron chi connectivity index (χ1n) is 9.05. The van der Waals surface area contributed by atoms with Gasteiger partial charge >= 0.3 is 0 Å². The third-order valence-electron chi connectivity index (χ3n) is 5.19. The summed E-state index contributed by atoms with van der Waals surface area (Å²) < 4.78 is 41.4. The topological polar surface area (TPSA) is 66.5 Å². The van der Waals surface area contributed by atoms with Crippen molar-refractivity contribution >= 4 is 15.9 Å². The second-order valence-electron chi connectivity index (χ2n) is 6.88. The van der Waals surface area contributed by atoms with Crippen LogP contribution in [0.3, 0.4) is 0 Å². The van der Waals surface area contributed by atoms with E-state index < -0.39 is 15.8 Å². The summed E-state index contributed by atoms with van der Waals surface area (Å²) >= 11 is 0. The maximum Gasteiger partial charge on any atom is 0.243 e. The fourth-order valence-electron chi connectivity index (χ4n) is 3.90. The highest BCUT2D eigenvalue weighted by Crippen LogP contribution is 2.33. The summed E-state index contributed by atoms with van der Waals surface area (Å²) in [5.41, 5.74) is 0. The van der Waals surface area contributed by atoms with E-state index in [0.29, 0.717) is 25.9 Å². The van der Waals surface area contributed by atoms with Crippen LogP contribution < -0.4 is 5.32 Å². The second kappa shape index (κ2) is 7.83. The molecule has 1 saturated heterocycles. The van der Waals surface area contributed by atoms with Crippen LogP contribution in [0.1, 0.15) is 44.9 Å². The minimum Gasteiger partial charge on any atom is -0.356 e. The lowest BCUT2D eigenvalue weighted by molar-refractivity contribution is -0.127. The van der Waals surface area contributed by atoms with Crippen LogP contribution in [0.2, 0.25) is 0 Å². The van der Waals surface area contributed by atoms with Gasteiger partial charge in [-0.05, 0) is 43.9 Å². The van der Waals surface area contributed by atoms with E-state index in [9.17, 15) is 17.6 Å². The maximum absolute atomic E-state index is 13.6. The molecule has 0 spiro atoms. The predicted octanol–water partition coefficient (Wildman–Crippen LogP) is 2.68. The van der Waals surface area contributed by atoms with Crippen molar-refractivity contribution in [1.29, 1.82) is 0 Å². The average molecular weight is 368 g/mol. The molecule has 1 aliphatic heterocycles. The van der Waals surface area contributed by atoms with E-state index in [1.54, 1.807) is 0 Å². The van der Waals surface area contributed by atoms with Crippen LogP contribution in [0, 0.1) is 11.7 Å². The Labute approximate surface area is 148 Å². The van der Waals surface area contributed by atoms with Gasteiger partial charge in [0.2, 0.25) is 15.9 Å². The van der Waals surface area contributed by atoms with E-state index in [1.807, 2.05) is 0 Å². The maximum atomic E-state index is 13.6. The zero-order valence-corrected chi connectivity index (χ0v) is 15.1. The Hall–Kier alpha value is -1.47. The van der Waals surface area contributed by atoms with Gasteiger partial charge in [-0.2, -0.15) is 4.31 Å². The van der Waals surface area contributed by atoms with Gasteiger partial charge in [0.15, 0.2) is 0 Å². The second-order valence-corrected chi connectivity index (χ2v) is 8.77. The van der Waals surface area contributed by atoms with Crippen LogP contribution in [0.25, 0.3) is 0 Å². The number of benzene rings is 1. The van der Waals surface area contributed by atoms with Crippen molar-refractivity contribution in [3.63, 3.8) is 0 Å². The molecular weight excluding hydrogens is 343 g/mol. The van der Waals surface area contributed by atoms with Crippen molar-refractivity contribution in [1.82, 2.24) is 9.62 Å². The molecule has 0 bridgehead atoms. The smallest absolute Gasteiger partial charge is 0.243 e. The molecule has 25 heavy (non-hydrogen) atoms. The zero-order valence-electron chi connectivity index (χ0n) is 14.3. The fourth-order valence-corrected chi connectivity index (χ4v) is 5.66. The number of nitrogens with zero attached hydrogens (tertiary/aromatic N) is 1. The van der Waals surface area contributed by atoms with Crippen LogP contribution in [0.15, 0.2) is 29.2 Å². The molecule has 1 aromatic carbocycles. The van der Waals surface area contributed by atoms with Crippen LogP contribution >= 0.6 is 0 Å². The highest BCUT2D eigenvalue weighted by atomic mass is 32.2. The predicted molar refractivity (Wildman–Crippen MR) is 92.9 cm³/mol. The minimum absolute atomic E-state index is 0.0331. The molecule has 0 aromatic heterocycles. The van der Waals surface area contributed by atoms with Crippen molar-refractivity contribution in [2.24, 2.45) is 5.92 Å². The van der Waals surface area contributed by atoms with Gasteiger partial charge in [0.25, 0.3) is 0 Å². The summed E-state index contributed by atoms with van der Waals surface area (Å²) in [6, 6.07) is 4.79. The van der Waals surface area contributed by atoms with Gasteiger partial charge in [-0.25, -0.2) is 12.8 Å². The summed E-state index contributed by atoms with van der Waals surface area (Å²) in [5.74, 6) is -0.943. The molecule has 1 amide bonds. The monoisotopic (exact) mass is 368 g/mol. The van der Waals surface area contributed by atoms with E-state index in [0.717, 1.165) is 38.2 Å². The molecule has 2 aliphatic rings. The van der Waals surface area contributed by atoms with Gasteiger partial charge in [-0.3, -0.25) is 4.79 Å². The molecule has 3 rings (SSSR count). The highest BCUT2D eigenvalue weighted by Gasteiger charge is 2.40. The molecule has 7 heteroatoms. The Bertz CT molecular complexity index is 723. The molecule has 2 fully saturated rings. The summed E-state index contributed by atoms with van der Waals surface area (Å²) in [6.45, 7) is 1.03. The summed E-state index contributed by atoms with van der Waals surface area (Å²) in [7, 11) is -3.83. The van der Waals surface area contributed by atoms with E-state index in [2.05, 4.69) is 5.32 Å². The molecular formula is C18H25FN2O3S. The number of nitrogens with one attached hydrogen (secondary N) is 1. The molecule has 2 atom stereocenters. The van der Waals surface area contributed by atoms with E-state index >= 15 is 0 Å². The van der Waals surface area contributed by atoms with Crippen LogP contribution in [0.4, 0.5) is 4.39 Å². The van der Waals surface area contributed by atoms with Crippen molar-refractivity contribution in [3.8, 4) is 0 Å². The Kier molecular flexibility index (Phi) is 5.74. The van der Waals surface area contributed by atoms with Crippen LogP contribution in [-0.4, -0.2) is 37.8 Å². The van der Waals surface area contributed by atoms with Crippen molar-refractivity contribution in [3.05, 3.63) is 30.1 Å². The lowest BCUT2D eigenvalue weighted by Gasteiger charge is -2.39. The molecule has 1 heterocycles. The zero-order chi connectivity index (χ0) is 17.9. The standard InChI is InChI=1S/C18H25FN2O3S/c19-14-7-6-8-15(13-14)25(23,24)21-12-5-1-4-11-20-18(22)16-9-2-3-10-17(16)21/h6-8,13,16-17H,1-5,9-12H2,(H,20,22)/t16-,17+/m1/s1. The van der Waals surface area contributed by atoms with Gasteiger partial charge in [-0.15, -0.1) is 0 Å². The number of halogens is 1. The van der Waals surface area contributed by atoms with Gasteiger partial charge < -0.3 is 5.32 Å². The lowest BCUT2D eigenvalue weighted by atomic mass is 9.83. The Morgan fingerprint density at radius 2 is 1.88 bits per heavy atom. The average Bonchev–Trinajstić information content (AvgIpc) is 2.60. The normalized spacial score (nSPS) is 26.5. The number of fused-ring (bicyclic) bond motifs is 1. The molecule has 0 unspecified atom stereocenters. The number of amides is 1. The van der Waals surface area contributed by atoms with Crippen molar-refractivity contribution in [2.75, 3.05) is 13.1 Å². The number of carbonyl (C=O) groups is 1. The molecule has 1 aromatic rings. The largest absolute Gasteiger partial charge is 0.356 e. The van der Waals surface area contributed by atoms with E-state index in [-0.39, 0.29) is 22.8 Å². The Balaban J connectivity index is 1.98. The minimum atomic E-state index is -3.83. The number of rotatable bonds is 2. The first kappa shape index (κ1) is 18.3. The number of hydrogen-bond acceptors (Lipinski definition) is 3. The van der Waals surface area contributed by atoms with Crippen molar-refractivity contribution in [2.45, 2.75) is 55.9 Å². The quantitative estimate of drug-likeness (QED) is 0.873. The summed E-state index contributed by atoms with van der Waals surface area (Å²) in [4.78, 5) is 12.5. The highest BCUT2D eigenvalue weighted by molar-refractivity contribution is 7.89. The SMILES string of the molecule is O=C1NCCCCCN(S(=O)(=O)c2cccc(F)c2)[C@H]2CCCC[C@@H]12. The van der Waals surface area contributed by atoms with Gasteiger partial charge in [0.1, 0.15) is 5.82 Å². The van der Waals surface area contributed by atoms with Gasteiger partial charge in [0.05, 0.1) is 10.8 Å². The molecule has 1 saturated carbocycles. The third kappa shape index (κ3) is 4.03. The molecule has 138 valence electrons. The number of hydrogen-bond donors (Lipinski definition) is 1. The van der Waals surface area contributed by atoms with Crippen LogP contribution in [0.5, 0.6) is 0 Å². The Morgan fingerprint density at radius 3 is 2.68 bits per heavy atom. The number of sulfonamides is 1. The van der Waals surface area contributed by atoms with Gasteiger partial charge in [0, 0.05) is 19.1 Å². The van der Waals surface area contributed by atoms with Crippen LogP contribution in [-0.2, 0) is 14.8 Å². The number of carbonyl (C=O) groups excluding carboxylic acids is 1. The molecule has 5 nitrogen and oxygen atoms in total. The lowest BCUT2D eigenvalue weighted by Crippen LogP contribution is -2.51.